The standard InChI is InChI=1S/C24H22N2O7/c1-13-11-19(25-33-13)26-21(15-7-5-6-8-16(15)30-2)20(23(28)24(26)29)22(27)14-9-10-17(31-3)18(12-14)32-4/h5-12,21,27H,1-4H3/b22-20+. The molecular weight excluding hydrogens is 428 g/mol. The lowest BCUT2D eigenvalue weighted by molar-refractivity contribution is -0.132. The fourth-order valence-electron chi connectivity index (χ4n) is 3.86. The van der Waals surface area contributed by atoms with Crippen LogP contribution in [0.4, 0.5) is 5.82 Å². The molecule has 1 N–H and O–H groups in total. The van der Waals surface area contributed by atoms with Crippen molar-refractivity contribution in [3.63, 3.8) is 0 Å². The van der Waals surface area contributed by atoms with E-state index >= 15 is 0 Å². The molecule has 0 bridgehead atoms. The normalized spacial score (nSPS) is 17.3. The van der Waals surface area contributed by atoms with E-state index in [2.05, 4.69) is 5.16 Å². The summed E-state index contributed by atoms with van der Waals surface area (Å²) in [4.78, 5) is 27.5. The molecule has 9 heteroatoms. The second-order valence-electron chi connectivity index (χ2n) is 7.28. The number of aliphatic hydroxyl groups excluding tert-OH is 1. The maximum absolute atomic E-state index is 13.2. The molecule has 0 aliphatic carbocycles. The zero-order chi connectivity index (χ0) is 23.7. The van der Waals surface area contributed by atoms with Crippen LogP contribution in [0.3, 0.4) is 0 Å². The van der Waals surface area contributed by atoms with Gasteiger partial charge in [-0.25, -0.2) is 0 Å². The molecule has 1 atom stereocenters. The first-order valence-electron chi connectivity index (χ1n) is 10.0. The minimum atomic E-state index is -1.00. The molecule has 2 aromatic carbocycles. The number of Topliss-reactive ketones (excluding diaryl/α,β-unsaturated/α-hetero) is 1. The zero-order valence-corrected chi connectivity index (χ0v) is 18.5. The van der Waals surface area contributed by atoms with Crippen molar-refractivity contribution in [2.45, 2.75) is 13.0 Å². The van der Waals surface area contributed by atoms with E-state index in [9.17, 15) is 14.7 Å². The molecule has 2 heterocycles. The minimum Gasteiger partial charge on any atom is -0.507 e. The summed E-state index contributed by atoms with van der Waals surface area (Å²) in [5, 5.41) is 15.2. The number of aromatic nitrogens is 1. The van der Waals surface area contributed by atoms with Crippen LogP contribution in [0.1, 0.15) is 22.9 Å². The Labute approximate surface area is 189 Å². The van der Waals surface area contributed by atoms with E-state index in [1.165, 1.54) is 32.3 Å². The first-order valence-corrected chi connectivity index (χ1v) is 10.0. The number of hydrogen-bond acceptors (Lipinski definition) is 8. The molecule has 33 heavy (non-hydrogen) atoms. The first kappa shape index (κ1) is 21.9. The van der Waals surface area contributed by atoms with Gasteiger partial charge in [-0.1, -0.05) is 23.4 Å². The minimum absolute atomic E-state index is 0.114. The summed E-state index contributed by atoms with van der Waals surface area (Å²) in [5.41, 5.74) is 0.668. The van der Waals surface area contributed by atoms with Crippen LogP contribution in [0, 0.1) is 6.92 Å². The number of aliphatic hydroxyl groups is 1. The van der Waals surface area contributed by atoms with Gasteiger partial charge in [0.2, 0.25) is 0 Å². The highest BCUT2D eigenvalue weighted by atomic mass is 16.5. The lowest BCUT2D eigenvalue weighted by atomic mass is 9.94. The van der Waals surface area contributed by atoms with Crippen LogP contribution in [-0.2, 0) is 9.59 Å². The van der Waals surface area contributed by atoms with E-state index in [1.807, 2.05) is 0 Å². The van der Waals surface area contributed by atoms with Gasteiger partial charge < -0.3 is 23.8 Å². The molecule has 0 saturated carbocycles. The average molecular weight is 450 g/mol. The first-order chi connectivity index (χ1) is 15.9. The monoisotopic (exact) mass is 450 g/mol. The Morgan fingerprint density at radius 2 is 1.67 bits per heavy atom. The molecular formula is C24H22N2O7. The van der Waals surface area contributed by atoms with Crippen LogP contribution in [0.25, 0.3) is 5.76 Å². The summed E-state index contributed by atoms with van der Waals surface area (Å²) in [7, 11) is 4.44. The van der Waals surface area contributed by atoms with Crippen molar-refractivity contribution in [1.82, 2.24) is 5.16 Å². The number of ketones is 1. The van der Waals surface area contributed by atoms with Crippen LogP contribution in [-0.4, -0.2) is 43.3 Å². The third-order valence-corrected chi connectivity index (χ3v) is 5.40. The fraction of sp³-hybridized carbons (Fsp3) is 0.208. The van der Waals surface area contributed by atoms with Crippen LogP contribution < -0.4 is 19.1 Å². The largest absolute Gasteiger partial charge is 0.507 e. The second-order valence-corrected chi connectivity index (χ2v) is 7.28. The number of benzene rings is 2. The maximum atomic E-state index is 13.2. The third-order valence-electron chi connectivity index (χ3n) is 5.40. The topological polar surface area (TPSA) is 111 Å². The van der Waals surface area contributed by atoms with Crippen LogP contribution in [0.2, 0.25) is 0 Å². The molecule has 1 saturated heterocycles. The number of anilines is 1. The summed E-state index contributed by atoms with van der Waals surface area (Å²) in [6.45, 7) is 1.68. The molecule has 1 aromatic heterocycles. The van der Waals surface area contributed by atoms with Gasteiger partial charge in [0.15, 0.2) is 17.3 Å². The van der Waals surface area contributed by atoms with Crippen molar-refractivity contribution in [3.05, 3.63) is 71.0 Å². The van der Waals surface area contributed by atoms with Gasteiger partial charge in [0, 0.05) is 17.2 Å². The summed E-state index contributed by atoms with van der Waals surface area (Å²) >= 11 is 0. The van der Waals surface area contributed by atoms with Crippen LogP contribution in [0.15, 0.2) is 58.6 Å². The lowest BCUT2D eigenvalue weighted by Crippen LogP contribution is -2.29. The number of carbonyl (C=O) groups excluding carboxylic acids is 2. The summed E-state index contributed by atoms with van der Waals surface area (Å²) < 4.78 is 21.2. The number of amides is 1. The third kappa shape index (κ3) is 3.67. The SMILES string of the molecule is COc1ccc(/C(O)=C2\C(=O)C(=O)N(c3cc(C)on3)C2c2ccccc2OC)cc1OC. The highest BCUT2D eigenvalue weighted by molar-refractivity contribution is 6.51. The molecule has 4 rings (SSSR count). The Morgan fingerprint density at radius 1 is 0.970 bits per heavy atom. The summed E-state index contributed by atoms with van der Waals surface area (Å²) in [6, 6.07) is 12.2. The van der Waals surface area contributed by atoms with Crippen molar-refractivity contribution < 1.29 is 33.4 Å². The number of aryl methyl sites for hydroxylation is 1. The highest BCUT2D eigenvalue weighted by Gasteiger charge is 2.49. The van der Waals surface area contributed by atoms with Gasteiger partial charge in [0.05, 0.1) is 26.9 Å². The molecule has 170 valence electrons. The van der Waals surface area contributed by atoms with Gasteiger partial charge in [-0.2, -0.15) is 0 Å². The number of para-hydroxylation sites is 1. The van der Waals surface area contributed by atoms with E-state index in [-0.39, 0.29) is 22.7 Å². The van der Waals surface area contributed by atoms with E-state index in [4.69, 9.17) is 18.7 Å². The molecule has 9 nitrogen and oxygen atoms in total. The van der Waals surface area contributed by atoms with Gasteiger partial charge in [-0.05, 0) is 31.2 Å². The van der Waals surface area contributed by atoms with Gasteiger partial charge >= 0.3 is 5.91 Å². The summed E-state index contributed by atoms with van der Waals surface area (Å²) in [6.07, 6.45) is 0. The van der Waals surface area contributed by atoms with Crippen molar-refractivity contribution in [2.24, 2.45) is 0 Å². The van der Waals surface area contributed by atoms with Crippen molar-refractivity contribution in [2.75, 3.05) is 26.2 Å². The molecule has 1 amide bonds. The number of carbonyl (C=O) groups is 2. The van der Waals surface area contributed by atoms with Crippen molar-refractivity contribution in [1.29, 1.82) is 0 Å². The number of methoxy groups -OCH3 is 3. The quantitative estimate of drug-likeness (QED) is 0.344. The lowest BCUT2D eigenvalue weighted by Gasteiger charge is -2.24. The predicted octanol–water partition coefficient (Wildman–Crippen LogP) is 3.64. The Morgan fingerprint density at radius 3 is 2.30 bits per heavy atom. The molecule has 3 aromatic rings. The Bertz CT molecular complexity index is 1260. The number of ether oxygens (including phenoxy) is 3. The number of nitrogens with zero attached hydrogens (tertiary/aromatic N) is 2. The predicted molar refractivity (Wildman–Crippen MR) is 119 cm³/mol. The second kappa shape index (κ2) is 8.70. The maximum Gasteiger partial charge on any atom is 0.301 e. The Balaban J connectivity index is 1.97. The van der Waals surface area contributed by atoms with Gasteiger partial charge in [0.25, 0.3) is 5.78 Å². The van der Waals surface area contributed by atoms with Crippen LogP contribution in [0.5, 0.6) is 17.2 Å². The molecule has 1 fully saturated rings. The van der Waals surface area contributed by atoms with E-state index in [1.54, 1.807) is 49.4 Å². The Hall–Kier alpha value is -4.27. The summed E-state index contributed by atoms with van der Waals surface area (Å²) in [5.74, 6) is -0.214. The molecule has 1 aliphatic rings. The van der Waals surface area contributed by atoms with Crippen LogP contribution >= 0.6 is 0 Å². The van der Waals surface area contributed by atoms with Crippen molar-refractivity contribution >= 4 is 23.3 Å². The molecule has 0 radical (unpaired) electrons. The molecule has 1 aliphatic heterocycles. The van der Waals surface area contributed by atoms with E-state index < -0.39 is 17.7 Å². The molecule has 1 unspecified atom stereocenters. The van der Waals surface area contributed by atoms with Crippen molar-refractivity contribution in [3.8, 4) is 17.2 Å². The zero-order valence-electron chi connectivity index (χ0n) is 18.5. The molecule has 0 spiro atoms. The van der Waals surface area contributed by atoms with E-state index in [0.29, 0.717) is 28.6 Å². The smallest absolute Gasteiger partial charge is 0.301 e. The Kier molecular flexibility index (Phi) is 5.78. The average Bonchev–Trinajstić information content (AvgIpc) is 3.38. The number of hydrogen-bond donors (Lipinski definition) is 1. The van der Waals surface area contributed by atoms with Gasteiger partial charge in [-0.3, -0.25) is 14.5 Å². The van der Waals surface area contributed by atoms with Gasteiger partial charge in [-0.15, -0.1) is 0 Å². The van der Waals surface area contributed by atoms with Gasteiger partial charge in [0.1, 0.15) is 23.3 Å². The fourth-order valence-corrected chi connectivity index (χ4v) is 3.86. The highest BCUT2D eigenvalue weighted by Crippen LogP contribution is 2.45. The van der Waals surface area contributed by atoms with E-state index in [0.717, 1.165) is 0 Å². The number of rotatable bonds is 6.